The lowest BCUT2D eigenvalue weighted by atomic mass is 10.1. The van der Waals surface area contributed by atoms with Crippen LogP contribution in [0.1, 0.15) is 18.4 Å². The Morgan fingerprint density at radius 2 is 1.61 bits per heavy atom. The summed E-state index contributed by atoms with van der Waals surface area (Å²) in [6, 6.07) is 19.9. The molecule has 4 heteroatoms. The predicted molar refractivity (Wildman–Crippen MR) is 91.3 cm³/mol. The second-order valence-corrected chi connectivity index (χ2v) is 5.86. The third-order valence-corrected chi connectivity index (χ3v) is 4.08. The summed E-state index contributed by atoms with van der Waals surface area (Å²) < 4.78 is 5.52. The van der Waals surface area contributed by atoms with Crippen LogP contribution >= 0.6 is 0 Å². The Labute approximate surface area is 137 Å². The van der Waals surface area contributed by atoms with Crippen molar-refractivity contribution in [2.75, 3.05) is 18.4 Å². The van der Waals surface area contributed by atoms with Crippen molar-refractivity contribution in [3.8, 4) is 0 Å². The second kappa shape index (κ2) is 7.79. The zero-order valence-corrected chi connectivity index (χ0v) is 13.2. The fraction of sp³-hybridized carbons (Fsp3) is 0.316. The average molecular weight is 310 g/mol. The van der Waals surface area contributed by atoms with Gasteiger partial charge in [0.1, 0.15) is 6.10 Å². The van der Waals surface area contributed by atoms with E-state index in [9.17, 15) is 4.79 Å². The summed E-state index contributed by atoms with van der Waals surface area (Å²) in [6.07, 6.45) is 1.41. The molecule has 1 aliphatic rings. The molecule has 0 aromatic heterocycles. The number of amides is 1. The van der Waals surface area contributed by atoms with Crippen molar-refractivity contribution < 1.29 is 9.53 Å². The van der Waals surface area contributed by atoms with E-state index in [2.05, 4.69) is 34.5 Å². The molecule has 0 radical (unpaired) electrons. The molecule has 0 saturated carbocycles. The van der Waals surface area contributed by atoms with Crippen molar-refractivity contribution in [1.29, 1.82) is 0 Å². The number of nitrogens with zero attached hydrogens (tertiary/aromatic N) is 1. The smallest absolute Gasteiger partial charge is 0.411 e. The van der Waals surface area contributed by atoms with Gasteiger partial charge in [-0.15, -0.1) is 0 Å². The van der Waals surface area contributed by atoms with Gasteiger partial charge in [-0.1, -0.05) is 48.5 Å². The third-order valence-electron chi connectivity index (χ3n) is 4.08. The van der Waals surface area contributed by atoms with Gasteiger partial charge in [0.15, 0.2) is 0 Å². The van der Waals surface area contributed by atoms with Crippen LogP contribution in [0.4, 0.5) is 10.5 Å². The number of hydrogen-bond acceptors (Lipinski definition) is 3. The number of carbonyl (C=O) groups excluding carboxylic acids is 1. The van der Waals surface area contributed by atoms with E-state index in [-0.39, 0.29) is 12.2 Å². The van der Waals surface area contributed by atoms with Gasteiger partial charge < -0.3 is 4.74 Å². The molecule has 0 spiro atoms. The second-order valence-electron chi connectivity index (χ2n) is 5.86. The lowest BCUT2D eigenvalue weighted by molar-refractivity contribution is 0.0567. The maximum atomic E-state index is 11.9. The molecular formula is C19H22N2O2. The largest absolute Gasteiger partial charge is 0.446 e. The van der Waals surface area contributed by atoms with Crippen molar-refractivity contribution in [2.24, 2.45) is 0 Å². The van der Waals surface area contributed by atoms with Crippen LogP contribution in [0, 0.1) is 0 Å². The molecule has 0 unspecified atom stereocenters. The van der Waals surface area contributed by atoms with Gasteiger partial charge in [0.2, 0.25) is 0 Å². The van der Waals surface area contributed by atoms with Gasteiger partial charge in [0, 0.05) is 25.3 Å². The summed E-state index contributed by atoms with van der Waals surface area (Å²) in [7, 11) is 0. The molecule has 1 N–H and O–H groups in total. The molecule has 2 aromatic rings. The summed E-state index contributed by atoms with van der Waals surface area (Å²) in [5, 5.41) is 2.77. The molecule has 0 bridgehead atoms. The summed E-state index contributed by atoms with van der Waals surface area (Å²) in [5.74, 6) is 0. The van der Waals surface area contributed by atoms with Crippen LogP contribution in [0.3, 0.4) is 0 Å². The van der Waals surface area contributed by atoms with Crippen LogP contribution in [0.25, 0.3) is 0 Å². The highest BCUT2D eigenvalue weighted by Crippen LogP contribution is 2.17. The standard InChI is InChI=1S/C19H22N2O2/c22-19(20-17-9-5-2-6-10-17)23-18-11-13-21(14-12-18)15-16-7-3-1-4-8-16/h1-10,18H,11-15H2,(H,20,22). The molecule has 3 rings (SSSR count). The number of benzene rings is 2. The Morgan fingerprint density at radius 3 is 2.26 bits per heavy atom. The van der Waals surface area contributed by atoms with Gasteiger partial charge >= 0.3 is 6.09 Å². The molecule has 1 fully saturated rings. The zero-order valence-electron chi connectivity index (χ0n) is 13.2. The molecule has 0 atom stereocenters. The van der Waals surface area contributed by atoms with Crippen molar-refractivity contribution in [2.45, 2.75) is 25.5 Å². The number of rotatable bonds is 4. The SMILES string of the molecule is O=C(Nc1ccccc1)OC1CCN(Cc2ccccc2)CC1. The number of nitrogens with one attached hydrogen (secondary N) is 1. The Balaban J connectivity index is 1.41. The first-order chi connectivity index (χ1) is 11.3. The molecule has 1 aliphatic heterocycles. The highest BCUT2D eigenvalue weighted by molar-refractivity contribution is 5.84. The maximum absolute atomic E-state index is 11.9. The summed E-state index contributed by atoms with van der Waals surface area (Å²) >= 11 is 0. The number of anilines is 1. The van der Waals surface area contributed by atoms with Gasteiger partial charge in [-0.2, -0.15) is 0 Å². The normalized spacial score (nSPS) is 16.0. The Morgan fingerprint density at radius 1 is 1.00 bits per heavy atom. The Kier molecular flexibility index (Phi) is 5.27. The molecular weight excluding hydrogens is 288 g/mol. The zero-order chi connectivity index (χ0) is 15.9. The average Bonchev–Trinajstić information content (AvgIpc) is 2.58. The third kappa shape index (κ3) is 4.83. The van der Waals surface area contributed by atoms with E-state index in [4.69, 9.17) is 4.74 Å². The maximum Gasteiger partial charge on any atom is 0.411 e. The predicted octanol–water partition coefficient (Wildman–Crippen LogP) is 3.90. The van der Waals surface area contributed by atoms with E-state index in [1.807, 2.05) is 36.4 Å². The summed E-state index contributed by atoms with van der Waals surface area (Å²) in [4.78, 5) is 14.3. The van der Waals surface area contributed by atoms with Gasteiger partial charge in [0.25, 0.3) is 0 Å². The number of para-hydroxylation sites is 1. The van der Waals surface area contributed by atoms with Crippen LogP contribution in [-0.2, 0) is 11.3 Å². The lowest BCUT2D eigenvalue weighted by Gasteiger charge is -2.31. The molecule has 2 aromatic carbocycles. The molecule has 4 nitrogen and oxygen atoms in total. The topological polar surface area (TPSA) is 41.6 Å². The molecule has 0 aliphatic carbocycles. The van der Waals surface area contributed by atoms with E-state index < -0.39 is 0 Å². The Hall–Kier alpha value is -2.33. The van der Waals surface area contributed by atoms with Crippen molar-refractivity contribution in [3.05, 3.63) is 66.2 Å². The van der Waals surface area contributed by atoms with E-state index in [1.54, 1.807) is 0 Å². The molecule has 1 saturated heterocycles. The van der Waals surface area contributed by atoms with Gasteiger partial charge in [-0.3, -0.25) is 10.2 Å². The number of hydrogen-bond donors (Lipinski definition) is 1. The highest BCUT2D eigenvalue weighted by atomic mass is 16.6. The fourth-order valence-electron chi connectivity index (χ4n) is 2.85. The van der Waals surface area contributed by atoms with Crippen LogP contribution in [-0.4, -0.2) is 30.2 Å². The number of likely N-dealkylation sites (tertiary alicyclic amines) is 1. The number of carbonyl (C=O) groups is 1. The van der Waals surface area contributed by atoms with Gasteiger partial charge in [-0.25, -0.2) is 4.79 Å². The minimum absolute atomic E-state index is 0.00531. The van der Waals surface area contributed by atoms with E-state index in [0.717, 1.165) is 38.2 Å². The molecule has 1 heterocycles. The molecule has 120 valence electrons. The van der Waals surface area contributed by atoms with Gasteiger partial charge in [0.05, 0.1) is 0 Å². The summed E-state index contributed by atoms with van der Waals surface area (Å²) in [6.45, 7) is 2.88. The molecule has 1 amide bonds. The van der Waals surface area contributed by atoms with Crippen LogP contribution < -0.4 is 5.32 Å². The van der Waals surface area contributed by atoms with Crippen LogP contribution in [0.5, 0.6) is 0 Å². The first-order valence-electron chi connectivity index (χ1n) is 8.08. The monoisotopic (exact) mass is 310 g/mol. The minimum atomic E-state index is -0.363. The van der Waals surface area contributed by atoms with E-state index >= 15 is 0 Å². The minimum Gasteiger partial charge on any atom is -0.446 e. The molecule has 23 heavy (non-hydrogen) atoms. The first-order valence-corrected chi connectivity index (χ1v) is 8.08. The van der Waals surface area contributed by atoms with Crippen molar-refractivity contribution in [1.82, 2.24) is 4.90 Å². The van der Waals surface area contributed by atoms with E-state index in [1.165, 1.54) is 5.56 Å². The summed E-state index contributed by atoms with van der Waals surface area (Å²) in [5.41, 5.74) is 2.09. The highest BCUT2D eigenvalue weighted by Gasteiger charge is 2.22. The van der Waals surface area contributed by atoms with Crippen molar-refractivity contribution in [3.63, 3.8) is 0 Å². The van der Waals surface area contributed by atoms with Crippen LogP contribution in [0.2, 0.25) is 0 Å². The van der Waals surface area contributed by atoms with Crippen molar-refractivity contribution >= 4 is 11.8 Å². The lowest BCUT2D eigenvalue weighted by Crippen LogP contribution is -2.38. The quantitative estimate of drug-likeness (QED) is 0.931. The van der Waals surface area contributed by atoms with Crippen LogP contribution in [0.15, 0.2) is 60.7 Å². The number of piperidine rings is 1. The van der Waals surface area contributed by atoms with E-state index in [0.29, 0.717) is 0 Å². The van der Waals surface area contributed by atoms with Gasteiger partial charge in [-0.05, 0) is 30.5 Å². The fourth-order valence-corrected chi connectivity index (χ4v) is 2.85. The number of ether oxygens (including phenoxy) is 1. The first kappa shape index (κ1) is 15.6. The Bertz CT molecular complexity index is 608.